The molecule has 0 amide bonds. The van der Waals surface area contributed by atoms with Crippen LogP contribution in [0.2, 0.25) is 0 Å². The maximum Gasteiger partial charge on any atom is 0.341 e. The van der Waals surface area contributed by atoms with Gasteiger partial charge in [-0.15, -0.1) is 0 Å². The van der Waals surface area contributed by atoms with Gasteiger partial charge in [0.15, 0.2) is 13.2 Å². The number of aliphatic carboxylic acids is 2. The number of rotatable bonds is 11. The fourth-order valence-corrected chi connectivity index (χ4v) is 4.31. The van der Waals surface area contributed by atoms with E-state index in [0.717, 1.165) is 22.3 Å². The summed E-state index contributed by atoms with van der Waals surface area (Å²) in [5, 5.41) is 17.8. The number of hydrogen-bond donors (Lipinski definition) is 2. The lowest BCUT2D eigenvalue weighted by molar-refractivity contribution is -0.140. The molecule has 4 aromatic carbocycles. The molecule has 2 atom stereocenters. The second kappa shape index (κ2) is 11.7. The van der Waals surface area contributed by atoms with Gasteiger partial charge in [-0.2, -0.15) is 0 Å². The van der Waals surface area contributed by atoms with Gasteiger partial charge in [0.2, 0.25) is 0 Å². The van der Waals surface area contributed by atoms with E-state index in [4.69, 9.17) is 19.7 Å². The van der Waals surface area contributed by atoms with Crippen LogP contribution in [0.5, 0.6) is 11.5 Å². The first-order valence-electron chi connectivity index (χ1n) is 11.5. The lowest BCUT2D eigenvalue weighted by atomic mass is 9.74. The van der Waals surface area contributed by atoms with Crippen molar-refractivity contribution in [2.75, 3.05) is 13.2 Å². The van der Waals surface area contributed by atoms with Crippen LogP contribution in [-0.4, -0.2) is 35.4 Å². The van der Waals surface area contributed by atoms with E-state index in [2.05, 4.69) is 24.3 Å². The molecule has 2 unspecified atom stereocenters. The summed E-state index contributed by atoms with van der Waals surface area (Å²) >= 11 is 0. The molecule has 4 aromatic rings. The van der Waals surface area contributed by atoms with Crippen molar-refractivity contribution in [3.05, 3.63) is 131 Å². The first-order valence-corrected chi connectivity index (χ1v) is 11.5. The molecule has 0 saturated carbocycles. The van der Waals surface area contributed by atoms with Gasteiger partial charge >= 0.3 is 11.9 Å². The normalized spacial score (nSPS) is 12.3. The minimum atomic E-state index is -1.03. The third kappa shape index (κ3) is 6.30. The number of carboxylic acid groups (broad SMARTS) is 2. The molecule has 0 spiro atoms. The third-order valence-corrected chi connectivity index (χ3v) is 5.85. The van der Waals surface area contributed by atoms with Gasteiger partial charge < -0.3 is 19.7 Å². The van der Waals surface area contributed by atoms with Crippen LogP contribution in [0.3, 0.4) is 0 Å². The number of hydrogen-bond acceptors (Lipinski definition) is 4. The fourth-order valence-electron chi connectivity index (χ4n) is 4.31. The maximum atomic E-state index is 10.9. The van der Waals surface area contributed by atoms with E-state index in [-0.39, 0.29) is 11.8 Å². The van der Waals surface area contributed by atoms with Gasteiger partial charge in [0.05, 0.1) is 0 Å². The molecule has 0 saturated heterocycles. The molecule has 36 heavy (non-hydrogen) atoms. The highest BCUT2D eigenvalue weighted by Crippen LogP contribution is 2.43. The SMILES string of the molecule is O=C(O)COc1ccc(C(c2ccccc2)C(c2ccccc2)c2ccc(OCC(=O)O)cc2)cc1. The van der Waals surface area contributed by atoms with E-state index >= 15 is 0 Å². The summed E-state index contributed by atoms with van der Waals surface area (Å²) in [4.78, 5) is 21.7. The minimum Gasteiger partial charge on any atom is -0.482 e. The second-order valence-electron chi connectivity index (χ2n) is 8.28. The highest BCUT2D eigenvalue weighted by Gasteiger charge is 2.28. The van der Waals surface area contributed by atoms with Crippen molar-refractivity contribution in [3.8, 4) is 11.5 Å². The third-order valence-electron chi connectivity index (χ3n) is 5.85. The predicted octanol–water partition coefficient (Wildman–Crippen LogP) is 5.58. The van der Waals surface area contributed by atoms with Gasteiger partial charge in [-0.3, -0.25) is 0 Å². The van der Waals surface area contributed by atoms with Gasteiger partial charge in [0, 0.05) is 11.8 Å². The first kappa shape index (κ1) is 24.5. The summed E-state index contributed by atoms with van der Waals surface area (Å²) in [5.41, 5.74) is 4.33. The lowest BCUT2D eigenvalue weighted by Crippen LogP contribution is -2.15. The van der Waals surface area contributed by atoms with Gasteiger partial charge in [0.1, 0.15) is 11.5 Å². The van der Waals surface area contributed by atoms with Gasteiger partial charge in [0.25, 0.3) is 0 Å². The average molecular weight is 483 g/mol. The molecule has 0 aliphatic heterocycles. The van der Waals surface area contributed by atoms with Crippen LogP contribution in [0, 0.1) is 0 Å². The highest BCUT2D eigenvalue weighted by molar-refractivity contribution is 5.68. The summed E-state index contributed by atoms with van der Waals surface area (Å²) in [7, 11) is 0. The lowest BCUT2D eigenvalue weighted by Gasteiger charge is -2.29. The maximum absolute atomic E-state index is 10.9. The van der Waals surface area contributed by atoms with Crippen molar-refractivity contribution in [3.63, 3.8) is 0 Å². The quantitative estimate of drug-likeness (QED) is 0.290. The van der Waals surface area contributed by atoms with Crippen LogP contribution in [-0.2, 0) is 9.59 Å². The van der Waals surface area contributed by atoms with Crippen molar-refractivity contribution in [2.24, 2.45) is 0 Å². The summed E-state index contributed by atoms with van der Waals surface area (Å²) in [6.07, 6.45) is 0. The van der Waals surface area contributed by atoms with Crippen molar-refractivity contribution in [1.82, 2.24) is 0 Å². The molecular weight excluding hydrogens is 456 g/mol. The Morgan fingerprint density at radius 3 is 1.11 bits per heavy atom. The molecule has 0 bridgehead atoms. The van der Waals surface area contributed by atoms with Crippen LogP contribution in [0.4, 0.5) is 0 Å². The number of carboxylic acids is 2. The van der Waals surface area contributed by atoms with Crippen LogP contribution in [0.25, 0.3) is 0 Å². The summed E-state index contributed by atoms with van der Waals surface area (Å²) < 4.78 is 10.7. The summed E-state index contributed by atoms with van der Waals surface area (Å²) in [6, 6.07) is 35.4. The summed E-state index contributed by atoms with van der Waals surface area (Å²) in [6.45, 7) is -0.797. The van der Waals surface area contributed by atoms with Gasteiger partial charge in [-0.1, -0.05) is 84.9 Å². The van der Waals surface area contributed by atoms with Crippen LogP contribution < -0.4 is 9.47 Å². The minimum absolute atomic E-state index is 0.0621. The van der Waals surface area contributed by atoms with Gasteiger partial charge in [-0.05, 0) is 46.5 Å². The Morgan fingerprint density at radius 2 is 0.806 bits per heavy atom. The standard InChI is InChI=1S/C30H26O6/c31-27(32)19-35-25-15-11-23(12-16-25)29(21-7-3-1-4-8-21)30(22-9-5-2-6-10-22)24-13-17-26(18-14-24)36-20-28(33)34/h1-18,29-30H,19-20H2,(H,31,32)(H,33,34). The monoisotopic (exact) mass is 482 g/mol. The highest BCUT2D eigenvalue weighted by atomic mass is 16.5. The zero-order valence-electron chi connectivity index (χ0n) is 19.5. The van der Waals surface area contributed by atoms with Crippen LogP contribution in [0.1, 0.15) is 34.1 Å². The molecule has 0 fully saturated rings. The first-order chi connectivity index (χ1) is 17.5. The molecule has 0 aliphatic carbocycles. The molecule has 0 radical (unpaired) electrons. The van der Waals surface area contributed by atoms with Crippen molar-refractivity contribution >= 4 is 11.9 Å². The van der Waals surface area contributed by atoms with E-state index in [1.54, 1.807) is 24.3 Å². The molecule has 0 aromatic heterocycles. The molecule has 2 N–H and O–H groups in total. The largest absolute Gasteiger partial charge is 0.482 e. The smallest absolute Gasteiger partial charge is 0.341 e. The zero-order valence-corrected chi connectivity index (χ0v) is 19.5. The molecule has 0 aliphatic rings. The molecule has 6 nitrogen and oxygen atoms in total. The van der Waals surface area contributed by atoms with Crippen LogP contribution in [0.15, 0.2) is 109 Å². The molecule has 6 heteroatoms. The van der Waals surface area contributed by atoms with Crippen molar-refractivity contribution in [2.45, 2.75) is 11.8 Å². The Kier molecular flexibility index (Phi) is 7.98. The molecule has 4 rings (SSSR count). The van der Waals surface area contributed by atoms with E-state index < -0.39 is 25.2 Å². The van der Waals surface area contributed by atoms with E-state index in [1.807, 2.05) is 60.7 Å². The van der Waals surface area contributed by atoms with Crippen molar-refractivity contribution < 1.29 is 29.3 Å². The molecule has 0 heterocycles. The van der Waals surface area contributed by atoms with Crippen molar-refractivity contribution in [1.29, 1.82) is 0 Å². The Morgan fingerprint density at radius 1 is 0.500 bits per heavy atom. The molecule has 182 valence electrons. The number of ether oxygens (including phenoxy) is 2. The van der Waals surface area contributed by atoms with Gasteiger partial charge in [-0.25, -0.2) is 9.59 Å². The molecular formula is C30H26O6. The number of benzene rings is 4. The summed E-state index contributed by atoms with van der Waals surface area (Å²) in [5.74, 6) is -1.20. The topological polar surface area (TPSA) is 93.1 Å². The van der Waals surface area contributed by atoms with E-state index in [0.29, 0.717) is 11.5 Å². The second-order valence-corrected chi connectivity index (χ2v) is 8.28. The predicted molar refractivity (Wildman–Crippen MR) is 136 cm³/mol. The Balaban J connectivity index is 1.77. The fraction of sp³-hybridized carbons (Fsp3) is 0.133. The zero-order chi connectivity index (χ0) is 25.3. The van der Waals surface area contributed by atoms with E-state index in [1.165, 1.54) is 0 Å². The Bertz CT molecular complexity index is 1170. The Labute approximate surface area is 209 Å². The number of carbonyl (C=O) groups is 2. The van der Waals surface area contributed by atoms with E-state index in [9.17, 15) is 9.59 Å². The van der Waals surface area contributed by atoms with Crippen LogP contribution >= 0.6 is 0 Å². The Hall–Kier alpha value is -4.58. The average Bonchev–Trinajstić information content (AvgIpc) is 2.91.